The van der Waals surface area contributed by atoms with Crippen LogP contribution in [-0.4, -0.2) is 22.6 Å². The van der Waals surface area contributed by atoms with Crippen LogP contribution >= 0.6 is 23.2 Å². The third-order valence-corrected chi connectivity index (χ3v) is 2.64. The van der Waals surface area contributed by atoms with Gasteiger partial charge in [0.25, 0.3) is 0 Å². The standard InChI is InChI=1S/C10H8Cl2N6O2/c11-6-2-1-5(7(12)3-6)4-14-16-10(19)15-9-8(13)17-20-18-9/h1-4H,(H2,13,17)(H2,15,16,18,19)/b14-4+. The molecule has 1 aromatic carbocycles. The van der Waals surface area contributed by atoms with Gasteiger partial charge in [-0.15, -0.1) is 0 Å². The molecule has 20 heavy (non-hydrogen) atoms. The molecule has 1 heterocycles. The number of halogens is 2. The predicted molar refractivity (Wildman–Crippen MR) is 74.9 cm³/mol. The molecule has 2 amide bonds. The molecule has 104 valence electrons. The fourth-order valence-corrected chi connectivity index (χ4v) is 1.64. The number of anilines is 2. The molecule has 0 atom stereocenters. The van der Waals surface area contributed by atoms with Crippen molar-refractivity contribution in [2.75, 3.05) is 11.1 Å². The topological polar surface area (TPSA) is 118 Å². The summed E-state index contributed by atoms with van der Waals surface area (Å²) in [5, 5.41) is 13.6. The molecule has 0 saturated carbocycles. The number of carbonyl (C=O) groups excluding carboxylic acids is 1. The molecular formula is C10H8Cl2N6O2. The molecule has 0 saturated heterocycles. The number of hydrazone groups is 1. The normalized spacial score (nSPS) is 10.7. The zero-order valence-corrected chi connectivity index (χ0v) is 11.3. The van der Waals surface area contributed by atoms with E-state index in [0.717, 1.165) is 0 Å². The summed E-state index contributed by atoms with van der Waals surface area (Å²) in [6.07, 6.45) is 1.36. The largest absolute Gasteiger partial charge is 0.378 e. The summed E-state index contributed by atoms with van der Waals surface area (Å²) in [5.41, 5.74) is 8.16. The van der Waals surface area contributed by atoms with Gasteiger partial charge in [-0.3, -0.25) is 5.32 Å². The minimum Gasteiger partial charge on any atom is -0.378 e. The molecule has 0 unspecified atom stereocenters. The second kappa shape index (κ2) is 6.22. The van der Waals surface area contributed by atoms with Gasteiger partial charge in [-0.2, -0.15) is 5.10 Å². The lowest BCUT2D eigenvalue weighted by atomic mass is 10.2. The number of nitrogens with one attached hydrogen (secondary N) is 2. The Labute approximate surface area is 122 Å². The smallest absolute Gasteiger partial charge is 0.340 e. The Balaban J connectivity index is 1.93. The average molecular weight is 315 g/mol. The molecule has 0 aliphatic carbocycles. The molecule has 1 aromatic heterocycles. The van der Waals surface area contributed by atoms with Crippen LogP contribution in [0.4, 0.5) is 16.4 Å². The van der Waals surface area contributed by atoms with Crippen molar-refractivity contribution in [3.8, 4) is 0 Å². The fraction of sp³-hybridized carbons (Fsp3) is 0. The number of urea groups is 1. The minimum absolute atomic E-state index is 0.00206. The number of nitrogens with zero attached hydrogens (tertiary/aromatic N) is 3. The van der Waals surface area contributed by atoms with Crippen molar-refractivity contribution in [3.63, 3.8) is 0 Å². The molecule has 4 N–H and O–H groups in total. The van der Waals surface area contributed by atoms with E-state index < -0.39 is 6.03 Å². The quantitative estimate of drug-likeness (QED) is 0.592. The Morgan fingerprint density at radius 2 is 2.20 bits per heavy atom. The number of nitrogens with two attached hydrogens (primary N) is 1. The van der Waals surface area contributed by atoms with Crippen molar-refractivity contribution < 1.29 is 9.42 Å². The van der Waals surface area contributed by atoms with E-state index in [4.69, 9.17) is 28.9 Å². The number of carbonyl (C=O) groups is 1. The molecular weight excluding hydrogens is 307 g/mol. The molecule has 0 spiro atoms. The summed E-state index contributed by atoms with van der Waals surface area (Å²) in [5.74, 6) is -0.0351. The highest BCUT2D eigenvalue weighted by Gasteiger charge is 2.09. The van der Waals surface area contributed by atoms with Crippen LogP contribution in [0.1, 0.15) is 5.56 Å². The van der Waals surface area contributed by atoms with Crippen LogP contribution in [0.2, 0.25) is 10.0 Å². The van der Waals surface area contributed by atoms with E-state index in [1.807, 2.05) is 0 Å². The highest BCUT2D eigenvalue weighted by molar-refractivity contribution is 6.36. The molecule has 0 fully saturated rings. The van der Waals surface area contributed by atoms with Gasteiger partial charge >= 0.3 is 6.03 Å². The lowest BCUT2D eigenvalue weighted by Crippen LogP contribution is -2.24. The first-order valence-corrected chi connectivity index (χ1v) is 5.95. The van der Waals surface area contributed by atoms with Crippen LogP contribution < -0.4 is 16.5 Å². The zero-order chi connectivity index (χ0) is 14.5. The Morgan fingerprint density at radius 3 is 2.85 bits per heavy atom. The third kappa shape index (κ3) is 3.59. The molecule has 8 nitrogen and oxygen atoms in total. The third-order valence-electron chi connectivity index (χ3n) is 2.08. The lowest BCUT2D eigenvalue weighted by molar-refractivity contribution is 0.252. The first kappa shape index (κ1) is 14.1. The van der Waals surface area contributed by atoms with Crippen LogP contribution in [0.15, 0.2) is 27.9 Å². The van der Waals surface area contributed by atoms with Gasteiger partial charge in [0.15, 0.2) is 0 Å². The Bertz CT molecular complexity index is 657. The van der Waals surface area contributed by atoms with E-state index in [-0.39, 0.29) is 11.6 Å². The maximum atomic E-state index is 11.4. The minimum atomic E-state index is -0.659. The Kier molecular flexibility index (Phi) is 4.38. The fourth-order valence-electron chi connectivity index (χ4n) is 1.18. The van der Waals surface area contributed by atoms with E-state index in [0.29, 0.717) is 15.6 Å². The number of rotatable bonds is 3. The van der Waals surface area contributed by atoms with Gasteiger partial charge in [-0.25, -0.2) is 14.8 Å². The number of benzene rings is 1. The van der Waals surface area contributed by atoms with Gasteiger partial charge in [0.1, 0.15) is 0 Å². The van der Waals surface area contributed by atoms with E-state index in [1.165, 1.54) is 6.21 Å². The summed E-state index contributed by atoms with van der Waals surface area (Å²) < 4.78 is 4.31. The monoisotopic (exact) mass is 314 g/mol. The van der Waals surface area contributed by atoms with Crippen LogP contribution in [0, 0.1) is 0 Å². The second-order valence-electron chi connectivity index (χ2n) is 3.49. The van der Waals surface area contributed by atoms with Gasteiger partial charge in [0.2, 0.25) is 11.6 Å². The van der Waals surface area contributed by atoms with Crippen LogP contribution in [0.5, 0.6) is 0 Å². The highest BCUT2D eigenvalue weighted by Crippen LogP contribution is 2.19. The molecule has 10 heteroatoms. The molecule has 0 radical (unpaired) electrons. The summed E-state index contributed by atoms with van der Waals surface area (Å²) in [6.45, 7) is 0. The van der Waals surface area contributed by atoms with Crippen LogP contribution in [0.25, 0.3) is 0 Å². The van der Waals surface area contributed by atoms with E-state index in [9.17, 15) is 4.79 Å². The van der Waals surface area contributed by atoms with Crippen molar-refractivity contribution >= 4 is 47.1 Å². The Hall–Kier alpha value is -2.32. The molecule has 0 aliphatic rings. The molecule has 2 aromatic rings. The number of nitrogen functional groups attached to an aromatic ring is 1. The van der Waals surface area contributed by atoms with Crippen LogP contribution in [0.3, 0.4) is 0 Å². The molecule has 0 aliphatic heterocycles. The van der Waals surface area contributed by atoms with Crippen molar-refractivity contribution in [1.82, 2.24) is 15.7 Å². The van der Waals surface area contributed by atoms with Crippen molar-refractivity contribution in [2.45, 2.75) is 0 Å². The average Bonchev–Trinajstić information content (AvgIpc) is 2.78. The number of amides is 2. The van der Waals surface area contributed by atoms with E-state index in [2.05, 4.69) is 30.8 Å². The maximum Gasteiger partial charge on any atom is 0.340 e. The second-order valence-corrected chi connectivity index (χ2v) is 4.33. The summed E-state index contributed by atoms with van der Waals surface area (Å²) in [7, 11) is 0. The number of hydrogen-bond donors (Lipinski definition) is 3. The zero-order valence-electron chi connectivity index (χ0n) is 9.80. The van der Waals surface area contributed by atoms with Gasteiger partial charge in [-0.05, 0) is 22.4 Å². The Morgan fingerprint density at radius 1 is 1.40 bits per heavy atom. The van der Waals surface area contributed by atoms with Crippen molar-refractivity contribution in [3.05, 3.63) is 33.8 Å². The maximum absolute atomic E-state index is 11.4. The van der Waals surface area contributed by atoms with E-state index >= 15 is 0 Å². The molecule has 0 bridgehead atoms. The number of aromatic nitrogens is 2. The number of hydrogen-bond acceptors (Lipinski definition) is 6. The first-order valence-electron chi connectivity index (χ1n) is 5.19. The van der Waals surface area contributed by atoms with Gasteiger partial charge in [0, 0.05) is 10.6 Å². The first-order chi connectivity index (χ1) is 9.56. The van der Waals surface area contributed by atoms with Gasteiger partial charge in [0.05, 0.1) is 11.2 Å². The summed E-state index contributed by atoms with van der Waals surface area (Å²) >= 11 is 11.7. The van der Waals surface area contributed by atoms with Gasteiger partial charge < -0.3 is 5.73 Å². The highest BCUT2D eigenvalue weighted by atomic mass is 35.5. The van der Waals surface area contributed by atoms with Crippen molar-refractivity contribution in [2.24, 2.45) is 5.10 Å². The van der Waals surface area contributed by atoms with Crippen molar-refractivity contribution in [1.29, 1.82) is 0 Å². The van der Waals surface area contributed by atoms with E-state index in [1.54, 1.807) is 18.2 Å². The lowest BCUT2D eigenvalue weighted by Gasteiger charge is -2.00. The molecule has 2 rings (SSSR count). The summed E-state index contributed by atoms with van der Waals surface area (Å²) in [4.78, 5) is 11.4. The van der Waals surface area contributed by atoms with Gasteiger partial charge in [-0.1, -0.05) is 29.3 Å². The summed E-state index contributed by atoms with van der Waals surface area (Å²) in [6, 6.07) is 4.21. The predicted octanol–water partition coefficient (Wildman–Crippen LogP) is 2.11. The van der Waals surface area contributed by atoms with Crippen LogP contribution in [-0.2, 0) is 0 Å². The SMILES string of the molecule is Nc1nonc1NC(=O)N/N=C/c1ccc(Cl)cc1Cl.